The second-order valence-corrected chi connectivity index (χ2v) is 5.68. The molecule has 1 aliphatic heterocycles. The summed E-state index contributed by atoms with van der Waals surface area (Å²) in [6.07, 6.45) is 7.38. The van der Waals surface area contributed by atoms with Crippen LogP contribution < -0.4 is 10.2 Å². The van der Waals surface area contributed by atoms with Crippen molar-refractivity contribution in [1.29, 1.82) is 0 Å². The molecule has 5 heteroatoms. The fourth-order valence-corrected chi connectivity index (χ4v) is 2.96. The summed E-state index contributed by atoms with van der Waals surface area (Å²) in [6, 6.07) is 0. The SMILES string of the molecule is CNCCC1CCN(c2ncncc2I)CC1. The Bertz CT molecular complexity index is 350. The smallest absolute Gasteiger partial charge is 0.145 e. The van der Waals surface area contributed by atoms with Crippen molar-refractivity contribution in [3.05, 3.63) is 16.1 Å². The van der Waals surface area contributed by atoms with E-state index in [1.54, 1.807) is 6.33 Å². The largest absolute Gasteiger partial charge is 0.356 e. The number of halogens is 1. The van der Waals surface area contributed by atoms with Gasteiger partial charge >= 0.3 is 0 Å². The third-order valence-corrected chi connectivity index (χ3v) is 4.13. The van der Waals surface area contributed by atoms with Gasteiger partial charge in [-0.2, -0.15) is 0 Å². The van der Waals surface area contributed by atoms with Crippen LogP contribution in [0.1, 0.15) is 19.3 Å². The van der Waals surface area contributed by atoms with Gasteiger partial charge in [0, 0.05) is 19.3 Å². The van der Waals surface area contributed by atoms with Crippen molar-refractivity contribution in [1.82, 2.24) is 15.3 Å². The lowest BCUT2D eigenvalue weighted by molar-refractivity contribution is 0.376. The zero-order chi connectivity index (χ0) is 12.1. The van der Waals surface area contributed by atoms with Crippen LogP contribution >= 0.6 is 22.6 Å². The molecule has 1 fully saturated rings. The van der Waals surface area contributed by atoms with Gasteiger partial charge in [0.25, 0.3) is 0 Å². The van der Waals surface area contributed by atoms with Gasteiger partial charge in [0.2, 0.25) is 0 Å². The van der Waals surface area contributed by atoms with Gasteiger partial charge in [-0.3, -0.25) is 0 Å². The van der Waals surface area contributed by atoms with Crippen LogP contribution in [-0.2, 0) is 0 Å². The Hall–Kier alpha value is -0.430. The van der Waals surface area contributed by atoms with Crippen LogP contribution in [0.4, 0.5) is 5.82 Å². The Balaban J connectivity index is 1.89. The minimum Gasteiger partial charge on any atom is -0.356 e. The molecule has 0 saturated carbocycles. The van der Waals surface area contributed by atoms with Crippen LogP contribution in [0.3, 0.4) is 0 Å². The molecular formula is C12H19IN4. The molecule has 2 heterocycles. The van der Waals surface area contributed by atoms with Gasteiger partial charge < -0.3 is 10.2 Å². The fraction of sp³-hybridized carbons (Fsp3) is 0.667. The number of nitrogens with zero attached hydrogens (tertiary/aromatic N) is 3. The summed E-state index contributed by atoms with van der Waals surface area (Å²) in [7, 11) is 2.03. The molecule has 94 valence electrons. The molecule has 0 spiro atoms. The highest BCUT2D eigenvalue weighted by Gasteiger charge is 2.20. The Morgan fingerprint density at radius 1 is 1.47 bits per heavy atom. The second-order valence-electron chi connectivity index (χ2n) is 4.52. The van der Waals surface area contributed by atoms with Crippen molar-refractivity contribution >= 4 is 28.4 Å². The molecule has 0 aliphatic carbocycles. The summed E-state index contributed by atoms with van der Waals surface area (Å²) >= 11 is 2.31. The topological polar surface area (TPSA) is 41.0 Å². The first-order valence-electron chi connectivity index (χ1n) is 6.16. The van der Waals surface area contributed by atoms with Crippen LogP contribution in [0.5, 0.6) is 0 Å². The molecule has 1 aromatic rings. The van der Waals surface area contributed by atoms with E-state index in [4.69, 9.17) is 0 Å². The molecule has 1 aliphatic rings. The maximum atomic E-state index is 4.38. The van der Waals surface area contributed by atoms with E-state index in [0.29, 0.717) is 0 Å². The zero-order valence-electron chi connectivity index (χ0n) is 10.2. The standard InChI is InChI=1S/C12H19IN4/c1-14-5-2-10-3-6-17(7-4-10)12-11(13)8-15-9-16-12/h8-10,14H,2-7H2,1H3. The van der Waals surface area contributed by atoms with Gasteiger partial charge in [0.1, 0.15) is 12.1 Å². The maximum absolute atomic E-state index is 4.38. The summed E-state index contributed by atoms with van der Waals surface area (Å²) in [6.45, 7) is 3.39. The molecule has 4 nitrogen and oxygen atoms in total. The lowest BCUT2D eigenvalue weighted by atomic mass is 9.93. The molecule has 1 saturated heterocycles. The molecule has 0 bridgehead atoms. The van der Waals surface area contributed by atoms with Crippen molar-refractivity contribution < 1.29 is 0 Å². The summed E-state index contributed by atoms with van der Waals surface area (Å²) in [5.74, 6) is 1.98. The number of nitrogens with one attached hydrogen (secondary N) is 1. The number of hydrogen-bond donors (Lipinski definition) is 1. The quantitative estimate of drug-likeness (QED) is 0.846. The van der Waals surface area contributed by atoms with Crippen molar-refractivity contribution in [3.8, 4) is 0 Å². The number of anilines is 1. The molecule has 0 atom stereocenters. The summed E-state index contributed by atoms with van der Waals surface area (Å²) in [4.78, 5) is 10.8. The van der Waals surface area contributed by atoms with E-state index in [-0.39, 0.29) is 0 Å². The first-order chi connectivity index (χ1) is 8.31. The van der Waals surface area contributed by atoms with E-state index < -0.39 is 0 Å². The first-order valence-corrected chi connectivity index (χ1v) is 7.24. The molecule has 0 amide bonds. The number of rotatable bonds is 4. The van der Waals surface area contributed by atoms with Crippen molar-refractivity contribution in [2.75, 3.05) is 31.6 Å². The van der Waals surface area contributed by atoms with Crippen molar-refractivity contribution in [2.24, 2.45) is 5.92 Å². The van der Waals surface area contributed by atoms with E-state index in [0.717, 1.165) is 34.9 Å². The summed E-state index contributed by atoms with van der Waals surface area (Å²) in [5.41, 5.74) is 0. The minimum absolute atomic E-state index is 0.873. The van der Waals surface area contributed by atoms with Gasteiger partial charge in [0.05, 0.1) is 3.57 Å². The molecule has 1 aromatic heterocycles. The lowest BCUT2D eigenvalue weighted by Gasteiger charge is -2.33. The van der Waals surface area contributed by atoms with Crippen LogP contribution in [0, 0.1) is 9.49 Å². The average Bonchev–Trinajstić information content (AvgIpc) is 2.38. The monoisotopic (exact) mass is 346 g/mol. The molecule has 2 rings (SSSR count). The van der Waals surface area contributed by atoms with Gasteiger partial charge in [-0.1, -0.05) is 0 Å². The summed E-state index contributed by atoms with van der Waals surface area (Å²) < 4.78 is 1.15. The summed E-state index contributed by atoms with van der Waals surface area (Å²) in [5, 5.41) is 3.23. The van der Waals surface area contributed by atoms with Crippen LogP contribution in [0.15, 0.2) is 12.5 Å². The highest BCUT2D eigenvalue weighted by Crippen LogP contribution is 2.26. The van der Waals surface area contributed by atoms with Gasteiger partial charge in [0.15, 0.2) is 0 Å². The van der Waals surface area contributed by atoms with E-state index in [1.165, 1.54) is 19.3 Å². The number of hydrogen-bond acceptors (Lipinski definition) is 4. The molecule has 17 heavy (non-hydrogen) atoms. The van der Waals surface area contributed by atoms with Crippen molar-refractivity contribution in [2.45, 2.75) is 19.3 Å². The Kier molecular flexibility index (Phi) is 4.97. The van der Waals surface area contributed by atoms with E-state index in [9.17, 15) is 0 Å². The Morgan fingerprint density at radius 2 is 2.24 bits per heavy atom. The van der Waals surface area contributed by atoms with Crippen molar-refractivity contribution in [3.63, 3.8) is 0 Å². The maximum Gasteiger partial charge on any atom is 0.145 e. The van der Waals surface area contributed by atoms with Gasteiger partial charge in [-0.25, -0.2) is 9.97 Å². The first kappa shape index (κ1) is 13.0. The third kappa shape index (κ3) is 3.51. The van der Waals surface area contributed by atoms with Crippen LogP contribution in [-0.4, -0.2) is 36.6 Å². The van der Waals surface area contributed by atoms with E-state index in [2.05, 4.69) is 42.8 Å². The number of piperidine rings is 1. The highest BCUT2D eigenvalue weighted by atomic mass is 127. The highest BCUT2D eigenvalue weighted by molar-refractivity contribution is 14.1. The van der Waals surface area contributed by atoms with Gasteiger partial charge in [-0.05, 0) is 61.4 Å². The predicted molar refractivity (Wildman–Crippen MR) is 78.2 cm³/mol. The van der Waals surface area contributed by atoms with Crippen LogP contribution in [0.25, 0.3) is 0 Å². The molecular weight excluding hydrogens is 327 g/mol. The number of aromatic nitrogens is 2. The molecule has 0 unspecified atom stereocenters. The lowest BCUT2D eigenvalue weighted by Crippen LogP contribution is -2.35. The predicted octanol–water partition coefficient (Wildman–Crippen LogP) is 1.91. The van der Waals surface area contributed by atoms with E-state index >= 15 is 0 Å². The molecule has 1 N–H and O–H groups in total. The van der Waals surface area contributed by atoms with Gasteiger partial charge in [-0.15, -0.1) is 0 Å². The second kappa shape index (κ2) is 6.49. The van der Waals surface area contributed by atoms with E-state index in [1.807, 2.05) is 13.2 Å². The Morgan fingerprint density at radius 3 is 2.88 bits per heavy atom. The molecule has 0 radical (unpaired) electrons. The third-order valence-electron chi connectivity index (χ3n) is 3.36. The minimum atomic E-state index is 0.873. The fourth-order valence-electron chi connectivity index (χ4n) is 2.32. The Labute approximate surface area is 116 Å². The molecule has 0 aromatic carbocycles. The zero-order valence-corrected chi connectivity index (χ0v) is 12.4. The average molecular weight is 346 g/mol. The normalized spacial score (nSPS) is 17.4. The van der Waals surface area contributed by atoms with Crippen LogP contribution in [0.2, 0.25) is 0 Å².